The summed E-state index contributed by atoms with van der Waals surface area (Å²) >= 11 is 0. The van der Waals surface area contributed by atoms with Gasteiger partial charge in [-0.05, 0) is 78.6 Å². The first kappa shape index (κ1) is 26.2. The van der Waals surface area contributed by atoms with Crippen LogP contribution >= 0.6 is 0 Å². The lowest BCUT2D eigenvalue weighted by Gasteiger charge is -2.29. The van der Waals surface area contributed by atoms with Crippen molar-refractivity contribution in [1.82, 2.24) is 0 Å². The number of aryl methyl sites for hydroxylation is 3. The van der Waals surface area contributed by atoms with Gasteiger partial charge in [0.25, 0.3) is 0 Å². The summed E-state index contributed by atoms with van der Waals surface area (Å²) in [5.41, 5.74) is 15.8. The van der Waals surface area contributed by atoms with Crippen LogP contribution in [0.3, 0.4) is 0 Å². The van der Waals surface area contributed by atoms with Gasteiger partial charge in [-0.3, -0.25) is 0 Å². The fourth-order valence-electron chi connectivity index (χ4n) is 9.35. The number of methoxy groups -OCH3 is 1. The third-order valence-electron chi connectivity index (χ3n) is 10.9. The van der Waals surface area contributed by atoms with Crippen LogP contribution in [0.15, 0.2) is 52.9 Å². The van der Waals surface area contributed by atoms with Crippen molar-refractivity contribution >= 4 is 21.9 Å². The van der Waals surface area contributed by atoms with Gasteiger partial charge in [0.05, 0.1) is 29.4 Å². The standard InChI is InChI=1S/C39H42NO2/c1-20(2)14-24-10-13-31-27(18-24)36-37(42-31)26-12-11-25-33(35(26)38(36,6)7)30-17-23(5)32-22(4)15-21(3)16-29(32)40(30)39(8)28(19-41-9)34(25)39/h10-13,15-18,20,28,34H,14,19H2,1-9H3/q+1. The molecule has 3 heterocycles. The van der Waals surface area contributed by atoms with E-state index in [0.717, 1.165) is 24.4 Å². The minimum Gasteiger partial charge on any atom is -0.456 e. The van der Waals surface area contributed by atoms with Gasteiger partial charge in [0.2, 0.25) is 11.2 Å². The second-order valence-corrected chi connectivity index (χ2v) is 14.6. The molecule has 3 unspecified atom stereocenters. The first-order valence-corrected chi connectivity index (χ1v) is 15.7. The summed E-state index contributed by atoms with van der Waals surface area (Å²) < 4.78 is 15.3. The highest BCUT2D eigenvalue weighted by molar-refractivity contribution is 5.98. The van der Waals surface area contributed by atoms with E-state index in [1.165, 1.54) is 72.1 Å². The number of furan rings is 1. The molecule has 0 spiro atoms. The minimum absolute atomic E-state index is 0.0213. The van der Waals surface area contributed by atoms with E-state index < -0.39 is 0 Å². The van der Waals surface area contributed by atoms with E-state index in [2.05, 4.69) is 108 Å². The molecule has 1 aliphatic heterocycles. The van der Waals surface area contributed by atoms with Crippen LogP contribution in [0.4, 0.5) is 0 Å². The smallest absolute Gasteiger partial charge is 0.214 e. The number of hydrogen-bond donors (Lipinski definition) is 0. The molecular formula is C39H42NO2+. The van der Waals surface area contributed by atoms with Crippen LogP contribution in [0.2, 0.25) is 0 Å². The Balaban J connectivity index is 1.45. The highest BCUT2D eigenvalue weighted by Crippen LogP contribution is 2.67. The van der Waals surface area contributed by atoms with Gasteiger partial charge in [-0.25, -0.2) is 0 Å². The molecule has 3 aromatic carbocycles. The second-order valence-electron chi connectivity index (χ2n) is 14.6. The molecule has 3 aliphatic rings. The van der Waals surface area contributed by atoms with Gasteiger partial charge in [0.15, 0.2) is 5.54 Å². The first-order valence-electron chi connectivity index (χ1n) is 15.7. The van der Waals surface area contributed by atoms with Gasteiger partial charge in [-0.1, -0.05) is 52.0 Å². The van der Waals surface area contributed by atoms with Crippen LogP contribution in [0.5, 0.6) is 0 Å². The normalized spacial score (nSPS) is 22.7. The molecule has 3 heteroatoms. The number of rotatable bonds is 4. The van der Waals surface area contributed by atoms with Gasteiger partial charge >= 0.3 is 0 Å². The Labute approximate surface area is 249 Å². The van der Waals surface area contributed by atoms with E-state index in [9.17, 15) is 0 Å². The summed E-state index contributed by atoms with van der Waals surface area (Å²) in [7, 11) is 1.85. The van der Waals surface area contributed by atoms with Crippen LogP contribution in [0.25, 0.3) is 44.5 Å². The average molecular weight is 557 g/mol. The number of nitrogens with zero attached hydrogens (tertiary/aromatic N) is 1. The largest absolute Gasteiger partial charge is 0.456 e. The van der Waals surface area contributed by atoms with E-state index in [4.69, 9.17) is 9.15 Å². The first-order chi connectivity index (χ1) is 20.0. The maximum atomic E-state index is 6.73. The summed E-state index contributed by atoms with van der Waals surface area (Å²) in [5.74, 6) is 2.52. The van der Waals surface area contributed by atoms with Crippen molar-refractivity contribution in [1.29, 1.82) is 0 Å². The van der Waals surface area contributed by atoms with Crippen LogP contribution in [0, 0.1) is 32.6 Å². The highest BCUT2D eigenvalue weighted by atomic mass is 16.5. The summed E-state index contributed by atoms with van der Waals surface area (Å²) in [4.78, 5) is 0. The third-order valence-corrected chi connectivity index (χ3v) is 10.9. The van der Waals surface area contributed by atoms with E-state index in [1.807, 2.05) is 7.11 Å². The molecule has 1 fully saturated rings. The summed E-state index contributed by atoms with van der Waals surface area (Å²) in [6, 6.07) is 18.8. The lowest BCUT2D eigenvalue weighted by Crippen LogP contribution is -2.52. The minimum atomic E-state index is -0.194. The Morgan fingerprint density at radius 3 is 2.43 bits per heavy atom. The summed E-state index contributed by atoms with van der Waals surface area (Å²) in [6.45, 7) is 19.4. The molecule has 8 rings (SSSR count). The van der Waals surface area contributed by atoms with E-state index >= 15 is 0 Å². The Hall–Kier alpha value is -3.43. The fraction of sp³-hybridized carbons (Fsp3) is 0.410. The molecule has 42 heavy (non-hydrogen) atoms. The van der Waals surface area contributed by atoms with Crippen molar-refractivity contribution in [3.8, 4) is 22.6 Å². The van der Waals surface area contributed by atoms with Crippen LogP contribution in [-0.2, 0) is 22.1 Å². The molecule has 1 saturated carbocycles. The van der Waals surface area contributed by atoms with Gasteiger partial charge in [0, 0.05) is 48.1 Å². The van der Waals surface area contributed by atoms with Gasteiger partial charge < -0.3 is 9.15 Å². The Morgan fingerprint density at radius 2 is 1.69 bits per heavy atom. The predicted molar refractivity (Wildman–Crippen MR) is 171 cm³/mol. The summed E-state index contributed by atoms with van der Waals surface area (Å²) in [5, 5.41) is 2.66. The zero-order valence-corrected chi connectivity index (χ0v) is 26.5. The van der Waals surface area contributed by atoms with Crippen molar-refractivity contribution in [3.63, 3.8) is 0 Å². The molecule has 0 bridgehead atoms. The average Bonchev–Trinajstić information content (AvgIpc) is 3.21. The predicted octanol–water partition coefficient (Wildman–Crippen LogP) is 9.06. The lowest BCUT2D eigenvalue weighted by molar-refractivity contribution is -0.707. The zero-order chi connectivity index (χ0) is 29.5. The van der Waals surface area contributed by atoms with Crippen LogP contribution in [0.1, 0.15) is 79.5 Å². The maximum Gasteiger partial charge on any atom is 0.214 e. The van der Waals surface area contributed by atoms with Gasteiger partial charge in [0.1, 0.15) is 11.3 Å². The monoisotopic (exact) mass is 556 g/mol. The SMILES string of the molecule is COCC1C2c3ccc4c(c3-c3cc(C)c5c(C)cc(C)cc5[n+]3C12C)C(C)(C)c1c-4oc2ccc(CC(C)C)cc12. The maximum absolute atomic E-state index is 6.73. The van der Waals surface area contributed by atoms with Crippen molar-refractivity contribution in [2.45, 2.75) is 78.7 Å². The van der Waals surface area contributed by atoms with E-state index in [-0.39, 0.29) is 11.0 Å². The number of benzene rings is 3. The molecule has 0 amide bonds. The zero-order valence-electron chi connectivity index (χ0n) is 26.5. The van der Waals surface area contributed by atoms with Gasteiger partial charge in [-0.2, -0.15) is 4.57 Å². The second kappa shape index (κ2) is 8.35. The molecule has 2 aliphatic carbocycles. The van der Waals surface area contributed by atoms with Crippen molar-refractivity contribution in [2.24, 2.45) is 11.8 Å². The molecule has 0 N–H and O–H groups in total. The van der Waals surface area contributed by atoms with Crippen molar-refractivity contribution in [2.75, 3.05) is 13.7 Å². The Morgan fingerprint density at radius 1 is 0.929 bits per heavy atom. The Kier molecular flexibility index (Phi) is 5.21. The molecule has 214 valence electrons. The number of aromatic nitrogens is 1. The van der Waals surface area contributed by atoms with Crippen molar-refractivity contribution < 1.29 is 13.7 Å². The Bertz CT molecular complexity index is 1990. The molecule has 2 aromatic heterocycles. The van der Waals surface area contributed by atoms with Crippen LogP contribution < -0.4 is 4.57 Å². The summed E-state index contributed by atoms with van der Waals surface area (Å²) in [6.07, 6.45) is 1.08. The van der Waals surface area contributed by atoms with Crippen LogP contribution in [-0.4, -0.2) is 13.7 Å². The van der Waals surface area contributed by atoms with E-state index in [0.29, 0.717) is 17.8 Å². The van der Waals surface area contributed by atoms with Crippen molar-refractivity contribution in [3.05, 3.63) is 87.5 Å². The molecule has 0 radical (unpaired) electrons. The number of pyridine rings is 1. The van der Waals surface area contributed by atoms with E-state index in [1.54, 1.807) is 0 Å². The highest BCUT2D eigenvalue weighted by Gasteiger charge is 2.74. The molecule has 3 atom stereocenters. The molecule has 5 aromatic rings. The third kappa shape index (κ3) is 3.13. The molecular weight excluding hydrogens is 514 g/mol. The lowest BCUT2D eigenvalue weighted by atomic mass is 9.75. The topological polar surface area (TPSA) is 26.2 Å². The van der Waals surface area contributed by atoms with Gasteiger partial charge in [-0.15, -0.1) is 0 Å². The molecule has 0 saturated heterocycles. The quantitative estimate of drug-likeness (QED) is 0.206. The number of fused-ring (bicyclic) bond motifs is 14. The fourth-order valence-corrected chi connectivity index (χ4v) is 9.35. The number of ether oxygens (including phenoxy) is 1. The number of hydrogen-bond acceptors (Lipinski definition) is 2. The molecule has 3 nitrogen and oxygen atoms in total.